The van der Waals surface area contributed by atoms with Crippen molar-refractivity contribution in [3.8, 4) is 0 Å². The summed E-state index contributed by atoms with van der Waals surface area (Å²) >= 11 is 0. The fraction of sp³-hybridized carbons (Fsp3) is 0.500. The van der Waals surface area contributed by atoms with Crippen molar-refractivity contribution in [1.82, 2.24) is 0 Å². The van der Waals surface area contributed by atoms with Crippen LogP contribution in [0.5, 0.6) is 0 Å². The van der Waals surface area contributed by atoms with Gasteiger partial charge in [0.05, 0.1) is 11.5 Å². The molecule has 0 heterocycles. The van der Waals surface area contributed by atoms with E-state index in [9.17, 15) is 13.2 Å². The van der Waals surface area contributed by atoms with Gasteiger partial charge in [-0.2, -0.15) is 0 Å². The van der Waals surface area contributed by atoms with E-state index in [1.54, 1.807) is 24.3 Å². The standard InChI is InChI=1S/C14H22N2O3S/c1-11(2)7-9-20(18,19)10-8-14(17)16-13-5-3-12(15)4-6-13/h3-6,11H,7-10,15H2,1-2H3,(H,16,17). The predicted molar refractivity (Wildman–Crippen MR) is 82.2 cm³/mol. The molecule has 0 aliphatic heterocycles. The summed E-state index contributed by atoms with van der Waals surface area (Å²) < 4.78 is 23.5. The van der Waals surface area contributed by atoms with E-state index in [0.717, 1.165) is 0 Å². The lowest BCUT2D eigenvalue weighted by molar-refractivity contribution is -0.115. The summed E-state index contributed by atoms with van der Waals surface area (Å²) in [5.41, 5.74) is 6.76. The quantitative estimate of drug-likeness (QED) is 0.754. The van der Waals surface area contributed by atoms with Crippen LogP contribution in [-0.2, 0) is 14.6 Å². The number of anilines is 2. The van der Waals surface area contributed by atoms with E-state index in [0.29, 0.717) is 23.7 Å². The van der Waals surface area contributed by atoms with Crippen molar-refractivity contribution in [1.29, 1.82) is 0 Å². The van der Waals surface area contributed by atoms with E-state index < -0.39 is 9.84 Å². The van der Waals surface area contributed by atoms with Crippen LogP contribution in [0.25, 0.3) is 0 Å². The fourth-order valence-corrected chi connectivity index (χ4v) is 3.09. The molecule has 1 amide bonds. The number of nitrogens with two attached hydrogens (primary N) is 1. The van der Waals surface area contributed by atoms with Crippen LogP contribution in [0.3, 0.4) is 0 Å². The minimum atomic E-state index is -3.15. The van der Waals surface area contributed by atoms with Crippen LogP contribution < -0.4 is 11.1 Å². The molecule has 0 aliphatic rings. The zero-order chi connectivity index (χ0) is 15.2. The van der Waals surface area contributed by atoms with Crippen molar-refractivity contribution in [3.05, 3.63) is 24.3 Å². The van der Waals surface area contributed by atoms with E-state index >= 15 is 0 Å². The van der Waals surface area contributed by atoms with Crippen LogP contribution in [0.15, 0.2) is 24.3 Å². The summed E-state index contributed by atoms with van der Waals surface area (Å²) in [7, 11) is -3.15. The van der Waals surface area contributed by atoms with Gasteiger partial charge in [0.25, 0.3) is 0 Å². The van der Waals surface area contributed by atoms with E-state index in [1.807, 2.05) is 13.8 Å². The molecule has 0 radical (unpaired) electrons. The first-order valence-corrected chi connectivity index (χ1v) is 8.46. The van der Waals surface area contributed by atoms with Gasteiger partial charge in [0, 0.05) is 17.8 Å². The number of hydrogen-bond donors (Lipinski definition) is 2. The Morgan fingerprint density at radius 3 is 2.35 bits per heavy atom. The van der Waals surface area contributed by atoms with Crippen LogP contribution in [0.4, 0.5) is 11.4 Å². The molecule has 0 bridgehead atoms. The van der Waals surface area contributed by atoms with E-state index in [1.165, 1.54) is 0 Å². The first kappa shape index (κ1) is 16.5. The number of sulfone groups is 1. The van der Waals surface area contributed by atoms with Crippen LogP contribution in [0, 0.1) is 5.92 Å². The number of benzene rings is 1. The van der Waals surface area contributed by atoms with Crippen molar-refractivity contribution in [2.24, 2.45) is 5.92 Å². The normalized spacial score (nSPS) is 11.6. The minimum absolute atomic E-state index is 0.0230. The highest BCUT2D eigenvalue weighted by Gasteiger charge is 2.14. The summed E-state index contributed by atoms with van der Waals surface area (Å²) in [4.78, 5) is 11.7. The lowest BCUT2D eigenvalue weighted by Crippen LogP contribution is -2.19. The number of nitrogen functional groups attached to an aromatic ring is 1. The molecule has 1 aromatic rings. The van der Waals surface area contributed by atoms with Crippen LogP contribution in [0.1, 0.15) is 26.7 Å². The Labute approximate surface area is 120 Å². The van der Waals surface area contributed by atoms with Crippen LogP contribution >= 0.6 is 0 Å². The van der Waals surface area contributed by atoms with Crippen molar-refractivity contribution in [3.63, 3.8) is 0 Å². The van der Waals surface area contributed by atoms with Crippen molar-refractivity contribution < 1.29 is 13.2 Å². The molecule has 20 heavy (non-hydrogen) atoms. The number of carbonyl (C=O) groups excluding carboxylic acids is 1. The maximum atomic E-state index is 11.7. The molecule has 0 fully saturated rings. The lowest BCUT2D eigenvalue weighted by atomic mass is 10.2. The monoisotopic (exact) mass is 298 g/mol. The Morgan fingerprint density at radius 2 is 1.80 bits per heavy atom. The zero-order valence-corrected chi connectivity index (χ0v) is 12.7. The van der Waals surface area contributed by atoms with E-state index in [2.05, 4.69) is 5.32 Å². The second kappa shape index (κ2) is 7.28. The molecule has 0 atom stereocenters. The molecular weight excluding hydrogens is 276 g/mol. The first-order valence-electron chi connectivity index (χ1n) is 6.64. The van der Waals surface area contributed by atoms with E-state index in [4.69, 9.17) is 5.73 Å². The van der Waals surface area contributed by atoms with Gasteiger partial charge in [0.15, 0.2) is 9.84 Å². The molecule has 0 aromatic heterocycles. The van der Waals surface area contributed by atoms with Gasteiger partial charge < -0.3 is 11.1 Å². The Morgan fingerprint density at radius 1 is 1.20 bits per heavy atom. The third kappa shape index (κ3) is 6.56. The third-order valence-electron chi connectivity index (χ3n) is 2.84. The Bertz CT molecular complexity index is 536. The summed E-state index contributed by atoms with van der Waals surface area (Å²) in [6, 6.07) is 6.71. The second-order valence-electron chi connectivity index (χ2n) is 5.25. The molecule has 0 saturated heterocycles. The van der Waals surface area contributed by atoms with Crippen molar-refractivity contribution in [2.75, 3.05) is 22.6 Å². The maximum absolute atomic E-state index is 11.7. The Balaban J connectivity index is 2.41. The molecular formula is C14H22N2O3S. The SMILES string of the molecule is CC(C)CCS(=O)(=O)CCC(=O)Nc1ccc(N)cc1. The molecule has 0 unspecified atom stereocenters. The van der Waals surface area contributed by atoms with Gasteiger partial charge >= 0.3 is 0 Å². The highest BCUT2D eigenvalue weighted by atomic mass is 32.2. The summed E-state index contributed by atoms with van der Waals surface area (Å²) in [6.07, 6.45) is 0.604. The van der Waals surface area contributed by atoms with Gasteiger partial charge in [0.2, 0.25) is 5.91 Å². The molecule has 1 rings (SSSR count). The molecule has 6 heteroatoms. The van der Waals surface area contributed by atoms with Gasteiger partial charge in [-0.1, -0.05) is 13.8 Å². The molecule has 5 nitrogen and oxygen atoms in total. The molecule has 3 N–H and O–H groups in total. The largest absolute Gasteiger partial charge is 0.399 e. The average Bonchev–Trinajstić information content (AvgIpc) is 2.37. The van der Waals surface area contributed by atoms with Gasteiger partial charge in [0.1, 0.15) is 0 Å². The number of hydrogen-bond acceptors (Lipinski definition) is 4. The van der Waals surface area contributed by atoms with Crippen LogP contribution in [-0.4, -0.2) is 25.8 Å². The number of rotatable bonds is 7. The maximum Gasteiger partial charge on any atom is 0.225 e. The number of amides is 1. The van der Waals surface area contributed by atoms with Gasteiger partial charge in [-0.05, 0) is 36.6 Å². The highest BCUT2D eigenvalue weighted by molar-refractivity contribution is 7.91. The summed E-state index contributed by atoms with van der Waals surface area (Å²) in [6.45, 7) is 3.95. The molecule has 0 spiro atoms. The number of nitrogens with one attached hydrogen (secondary N) is 1. The van der Waals surface area contributed by atoms with Crippen LogP contribution in [0.2, 0.25) is 0 Å². The highest BCUT2D eigenvalue weighted by Crippen LogP contribution is 2.11. The first-order chi connectivity index (χ1) is 9.28. The number of carbonyl (C=O) groups is 1. The van der Waals surface area contributed by atoms with Gasteiger partial charge in [-0.15, -0.1) is 0 Å². The third-order valence-corrected chi connectivity index (χ3v) is 4.52. The summed E-state index contributed by atoms with van der Waals surface area (Å²) in [5, 5.41) is 2.65. The smallest absolute Gasteiger partial charge is 0.225 e. The van der Waals surface area contributed by atoms with Crippen molar-refractivity contribution in [2.45, 2.75) is 26.7 Å². The minimum Gasteiger partial charge on any atom is -0.399 e. The molecule has 0 saturated carbocycles. The average molecular weight is 298 g/mol. The summed E-state index contributed by atoms with van der Waals surface area (Å²) in [5.74, 6) is 0.0663. The predicted octanol–water partition coefficient (Wildman–Crippen LogP) is 2.06. The fourth-order valence-electron chi connectivity index (χ4n) is 1.56. The van der Waals surface area contributed by atoms with Gasteiger partial charge in [-0.3, -0.25) is 4.79 Å². The molecule has 0 aliphatic carbocycles. The Hall–Kier alpha value is -1.56. The second-order valence-corrected chi connectivity index (χ2v) is 7.56. The molecule has 1 aromatic carbocycles. The van der Waals surface area contributed by atoms with Crippen molar-refractivity contribution >= 4 is 27.1 Å². The topological polar surface area (TPSA) is 89.3 Å². The Kier molecular flexibility index (Phi) is 6.01. The van der Waals surface area contributed by atoms with Gasteiger partial charge in [-0.25, -0.2) is 8.42 Å². The molecule has 112 valence electrons. The zero-order valence-electron chi connectivity index (χ0n) is 11.9. The lowest BCUT2D eigenvalue weighted by Gasteiger charge is -2.07. The van der Waals surface area contributed by atoms with E-state index in [-0.39, 0.29) is 23.8 Å².